The van der Waals surface area contributed by atoms with Gasteiger partial charge in [-0.1, -0.05) is 13.3 Å². The maximum atomic E-state index is 11.3. The third kappa shape index (κ3) is 8.68. The molecule has 100 valence electrons. The summed E-state index contributed by atoms with van der Waals surface area (Å²) in [7, 11) is 1.60. The summed E-state index contributed by atoms with van der Waals surface area (Å²) in [6, 6.07) is 0. The first-order valence-corrected chi connectivity index (χ1v) is 6.13. The molecule has 0 aromatic carbocycles. The van der Waals surface area contributed by atoms with Gasteiger partial charge in [0, 0.05) is 40.1 Å². The zero-order valence-corrected chi connectivity index (χ0v) is 11.1. The molecule has 0 aliphatic heterocycles. The minimum Gasteiger partial charge on any atom is -0.383 e. The fraction of sp³-hybridized carbons (Fsp3) is 0.833. The molecule has 5 heteroatoms. The van der Waals surface area contributed by atoms with E-state index in [4.69, 9.17) is 4.74 Å². The maximum Gasteiger partial charge on any atom is 0.220 e. The zero-order valence-electron chi connectivity index (χ0n) is 11.1. The third-order valence-corrected chi connectivity index (χ3v) is 2.47. The molecule has 0 atom stereocenters. The van der Waals surface area contributed by atoms with Gasteiger partial charge in [-0.2, -0.15) is 0 Å². The van der Waals surface area contributed by atoms with Crippen LogP contribution in [0.5, 0.6) is 0 Å². The lowest BCUT2D eigenvalue weighted by Gasteiger charge is -2.20. The van der Waals surface area contributed by atoms with Crippen molar-refractivity contribution in [3.8, 4) is 0 Å². The summed E-state index contributed by atoms with van der Waals surface area (Å²) >= 11 is 0. The SMILES string of the molecule is CCCCC(=O)NCCN(CCOC)C(C)=O. The van der Waals surface area contributed by atoms with E-state index in [0.717, 1.165) is 12.8 Å². The summed E-state index contributed by atoms with van der Waals surface area (Å²) in [5.74, 6) is 0.0620. The number of carbonyl (C=O) groups excluding carboxylic acids is 2. The number of carbonyl (C=O) groups is 2. The number of nitrogens with zero attached hydrogens (tertiary/aromatic N) is 1. The van der Waals surface area contributed by atoms with E-state index in [2.05, 4.69) is 12.2 Å². The van der Waals surface area contributed by atoms with Crippen LogP contribution >= 0.6 is 0 Å². The molecule has 0 saturated heterocycles. The number of hydrogen-bond acceptors (Lipinski definition) is 3. The summed E-state index contributed by atoms with van der Waals surface area (Å²) < 4.78 is 4.92. The molecule has 0 fully saturated rings. The summed E-state index contributed by atoms with van der Waals surface area (Å²) in [5.41, 5.74) is 0. The predicted octanol–water partition coefficient (Wildman–Crippen LogP) is 0.788. The van der Waals surface area contributed by atoms with Crippen LogP contribution in [-0.2, 0) is 14.3 Å². The number of rotatable bonds is 9. The van der Waals surface area contributed by atoms with E-state index >= 15 is 0 Å². The molecule has 1 N–H and O–H groups in total. The van der Waals surface area contributed by atoms with Gasteiger partial charge in [0.15, 0.2) is 0 Å². The average molecular weight is 244 g/mol. The van der Waals surface area contributed by atoms with Gasteiger partial charge < -0.3 is 15.0 Å². The molecule has 0 aromatic rings. The lowest BCUT2D eigenvalue weighted by atomic mass is 10.2. The molecule has 0 radical (unpaired) electrons. The average Bonchev–Trinajstić information content (AvgIpc) is 2.30. The van der Waals surface area contributed by atoms with Gasteiger partial charge in [-0.25, -0.2) is 0 Å². The Morgan fingerprint density at radius 2 is 2.00 bits per heavy atom. The van der Waals surface area contributed by atoms with Crippen LogP contribution in [0, 0.1) is 0 Å². The second-order valence-corrected chi connectivity index (χ2v) is 3.95. The number of ether oxygens (including phenoxy) is 1. The molecular formula is C12H24N2O3. The predicted molar refractivity (Wildman–Crippen MR) is 66.7 cm³/mol. The van der Waals surface area contributed by atoms with Crippen LogP contribution in [0.15, 0.2) is 0 Å². The van der Waals surface area contributed by atoms with Crippen molar-refractivity contribution in [2.45, 2.75) is 33.1 Å². The number of unbranched alkanes of at least 4 members (excludes halogenated alkanes) is 1. The number of hydrogen-bond donors (Lipinski definition) is 1. The molecule has 0 aliphatic rings. The molecule has 5 nitrogen and oxygen atoms in total. The molecule has 0 spiro atoms. The summed E-state index contributed by atoms with van der Waals surface area (Å²) in [5, 5.41) is 2.81. The van der Waals surface area contributed by atoms with Crippen LogP contribution in [0.2, 0.25) is 0 Å². The fourth-order valence-corrected chi connectivity index (χ4v) is 1.38. The highest BCUT2D eigenvalue weighted by Crippen LogP contribution is 1.93. The van der Waals surface area contributed by atoms with Gasteiger partial charge in [-0.15, -0.1) is 0 Å². The molecule has 0 aromatic heterocycles. The minimum atomic E-state index is 0.00450. The molecule has 0 unspecified atom stereocenters. The van der Waals surface area contributed by atoms with Gasteiger partial charge in [-0.05, 0) is 6.42 Å². The Morgan fingerprint density at radius 3 is 2.53 bits per heavy atom. The van der Waals surface area contributed by atoms with Gasteiger partial charge in [0.1, 0.15) is 0 Å². The van der Waals surface area contributed by atoms with Crippen molar-refractivity contribution in [1.29, 1.82) is 0 Å². The molecular weight excluding hydrogens is 220 g/mol. The monoisotopic (exact) mass is 244 g/mol. The largest absolute Gasteiger partial charge is 0.383 e. The van der Waals surface area contributed by atoms with Crippen molar-refractivity contribution in [1.82, 2.24) is 10.2 Å². The molecule has 0 saturated carbocycles. The smallest absolute Gasteiger partial charge is 0.220 e. The third-order valence-electron chi connectivity index (χ3n) is 2.47. The van der Waals surface area contributed by atoms with E-state index in [0.29, 0.717) is 32.7 Å². The Bertz CT molecular complexity index is 232. The van der Waals surface area contributed by atoms with Crippen molar-refractivity contribution < 1.29 is 14.3 Å². The number of nitrogens with one attached hydrogen (secondary N) is 1. The topological polar surface area (TPSA) is 58.6 Å². The molecule has 0 rings (SSSR count). The first-order chi connectivity index (χ1) is 8.11. The fourth-order valence-electron chi connectivity index (χ4n) is 1.38. The van der Waals surface area contributed by atoms with Crippen LogP contribution in [-0.4, -0.2) is 50.1 Å². The van der Waals surface area contributed by atoms with Crippen LogP contribution in [0.3, 0.4) is 0 Å². The highest BCUT2D eigenvalue weighted by molar-refractivity contribution is 5.76. The van der Waals surface area contributed by atoms with Crippen molar-refractivity contribution in [3.05, 3.63) is 0 Å². The van der Waals surface area contributed by atoms with E-state index in [1.807, 2.05) is 0 Å². The van der Waals surface area contributed by atoms with Crippen molar-refractivity contribution >= 4 is 11.8 Å². The normalized spacial score (nSPS) is 10.1. The Kier molecular flexibility index (Phi) is 9.43. The van der Waals surface area contributed by atoms with Gasteiger partial charge in [0.05, 0.1) is 6.61 Å². The maximum absolute atomic E-state index is 11.3. The summed E-state index contributed by atoms with van der Waals surface area (Å²) in [6.07, 6.45) is 2.49. The standard InChI is InChI=1S/C12H24N2O3/c1-4-5-6-12(16)13-7-8-14(11(2)15)9-10-17-3/h4-10H2,1-3H3,(H,13,16). The zero-order chi connectivity index (χ0) is 13.1. The summed E-state index contributed by atoms with van der Waals surface area (Å²) in [4.78, 5) is 24.3. The van der Waals surface area contributed by atoms with Gasteiger partial charge in [-0.3, -0.25) is 9.59 Å². The first kappa shape index (κ1) is 15.9. The van der Waals surface area contributed by atoms with Crippen LogP contribution in [0.4, 0.5) is 0 Å². The first-order valence-electron chi connectivity index (χ1n) is 6.13. The highest BCUT2D eigenvalue weighted by atomic mass is 16.5. The molecule has 2 amide bonds. The van der Waals surface area contributed by atoms with Gasteiger partial charge in [0.2, 0.25) is 11.8 Å². The van der Waals surface area contributed by atoms with Crippen LogP contribution in [0.25, 0.3) is 0 Å². The van der Waals surface area contributed by atoms with Crippen molar-refractivity contribution in [2.24, 2.45) is 0 Å². The van der Waals surface area contributed by atoms with E-state index in [1.165, 1.54) is 6.92 Å². The highest BCUT2D eigenvalue weighted by Gasteiger charge is 2.08. The van der Waals surface area contributed by atoms with E-state index < -0.39 is 0 Å². The second kappa shape index (κ2) is 10.1. The Hall–Kier alpha value is -1.10. The molecule has 0 heterocycles. The molecule has 0 aliphatic carbocycles. The van der Waals surface area contributed by atoms with E-state index in [1.54, 1.807) is 12.0 Å². The van der Waals surface area contributed by atoms with Crippen LogP contribution in [0.1, 0.15) is 33.1 Å². The van der Waals surface area contributed by atoms with Crippen LogP contribution < -0.4 is 5.32 Å². The second-order valence-electron chi connectivity index (χ2n) is 3.95. The minimum absolute atomic E-state index is 0.00450. The molecule has 17 heavy (non-hydrogen) atoms. The lowest BCUT2D eigenvalue weighted by Crippen LogP contribution is -2.39. The van der Waals surface area contributed by atoms with Crippen molar-refractivity contribution in [3.63, 3.8) is 0 Å². The van der Waals surface area contributed by atoms with E-state index in [-0.39, 0.29) is 11.8 Å². The Morgan fingerprint density at radius 1 is 1.29 bits per heavy atom. The lowest BCUT2D eigenvalue weighted by molar-refractivity contribution is -0.130. The number of methoxy groups -OCH3 is 1. The number of amides is 2. The van der Waals surface area contributed by atoms with E-state index in [9.17, 15) is 9.59 Å². The Labute approximate surface area is 103 Å². The summed E-state index contributed by atoms with van der Waals surface area (Å²) in [6.45, 7) is 5.70. The van der Waals surface area contributed by atoms with Gasteiger partial charge in [0.25, 0.3) is 0 Å². The Balaban J connectivity index is 3.73. The van der Waals surface area contributed by atoms with Gasteiger partial charge >= 0.3 is 0 Å². The van der Waals surface area contributed by atoms with Crippen molar-refractivity contribution in [2.75, 3.05) is 33.4 Å². The molecule has 0 bridgehead atoms. The quantitative estimate of drug-likeness (QED) is 0.652.